The molecule has 1 aromatic rings. The molecule has 112 valence electrons. The molecule has 4 nitrogen and oxygen atoms in total. The molecular formula is C17H23N3O. The van der Waals surface area contributed by atoms with Crippen LogP contribution in [0, 0.1) is 23.2 Å². The summed E-state index contributed by atoms with van der Waals surface area (Å²) in [7, 11) is 2.12. The number of amides is 1. The van der Waals surface area contributed by atoms with E-state index in [0.29, 0.717) is 17.7 Å². The summed E-state index contributed by atoms with van der Waals surface area (Å²) in [5.41, 5.74) is 1.11. The zero-order chi connectivity index (χ0) is 15.2. The van der Waals surface area contributed by atoms with Gasteiger partial charge in [-0.05, 0) is 50.4 Å². The first-order chi connectivity index (χ1) is 10.1. The fourth-order valence-corrected chi connectivity index (χ4v) is 2.56. The van der Waals surface area contributed by atoms with Crippen molar-refractivity contribution in [3.8, 4) is 6.07 Å². The lowest BCUT2D eigenvalue weighted by molar-refractivity contribution is -0.116. The Morgan fingerprint density at radius 3 is 2.86 bits per heavy atom. The molecule has 2 atom stereocenters. The van der Waals surface area contributed by atoms with E-state index in [9.17, 15) is 4.79 Å². The molecule has 21 heavy (non-hydrogen) atoms. The van der Waals surface area contributed by atoms with Gasteiger partial charge in [0.1, 0.15) is 6.07 Å². The quantitative estimate of drug-likeness (QED) is 0.838. The molecule has 0 bridgehead atoms. The van der Waals surface area contributed by atoms with Crippen LogP contribution in [0.15, 0.2) is 24.3 Å². The fourth-order valence-electron chi connectivity index (χ4n) is 2.56. The first-order valence-electron chi connectivity index (χ1n) is 7.57. The summed E-state index contributed by atoms with van der Waals surface area (Å²) < 4.78 is 0. The van der Waals surface area contributed by atoms with Crippen molar-refractivity contribution >= 4 is 11.6 Å². The van der Waals surface area contributed by atoms with Crippen LogP contribution in [0.2, 0.25) is 0 Å². The maximum Gasteiger partial charge on any atom is 0.224 e. The van der Waals surface area contributed by atoms with Crippen LogP contribution >= 0.6 is 0 Å². The predicted molar refractivity (Wildman–Crippen MR) is 83.8 cm³/mol. The number of carbonyl (C=O) groups is 1. The van der Waals surface area contributed by atoms with Crippen LogP contribution in [-0.2, 0) is 4.79 Å². The van der Waals surface area contributed by atoms with Gasteiger partial charge in [0.05, 0.1) is 11.3 Å². The molecule has 0 radical (unpaired) electrons. The van der Waals surface area contributed by atoms with Crippen LogP contribution in [0.4, 0.5) is 5.69 Å². The molecule has 1 N–H and O–H groups in total. The molecule has 2 unspecified atom stereocenters. The van der Waals surface area contributed by atoms with E-state index in [4.69, 9.17) is 5.26 Å². The second-order valence-corrected chi connectivity index (χ2v) is 6.04. The third kappa shape index (κ3) is 4.87. The topological polar surface area (TPSA) is 56.1 Å². The molecule has 4 heteroatoms. The first kappa shape index (κ1) is 15.5. The normalized spacial score (nSPS) is 20.1. The van der Waals surface area contributed by atoms with Crippen LogP contribution < -0.4 is 5.32 Å². The average Bonchev–Trinajstić information content (AvgIpc) is 3.14. The zero-order valence-corrected chi connectivity index (χ0v) is 12.8. The maximum absolute atomic E-state index is 11.9. The molecule has 1 saturated carbocycles. The molecule has 0 spiro atoms. The van der Waals surface area contributed by atoms with Gasteiger partial charge in [-0.15, -0.1) is 0 Å². The van der Waals surface area contributed by atoms with Crippen molar-refractivity contribution in [2.45, 2.75) is 26.2 Å². The third-order valence-corrected chi connectivity index (χ3v) is 4.09. The highest BCUT2D eigenvalue weighted by atomic mass is 16.1. The van der Waals surface area contributed by atoms with Gasteiger partial charge in [0.2, 0.25) is 5.91 Å². The van der Waals surface area contributed by atoms with Gasteiger partial charge < -0.3 is 10.2 Å². The summed E-state index contributed by atoms with van der Waals surface area (Å²) in [6, 6.07) is 9.17. The van der Waals surface area contributed by atoms with Crippen LogP contribution in [0.1, 0.15) is 31.7 Å². The molecule has 2 rings (SSSR count). The Balaban J connectivity index is 1.69. The summed E-state index contributed by atoms with van der Waals surface area (Å²) in [4.78, 5) is 14.2. The smallest absolute Gasteiger partial charge is 0.224 e. The van der Waals surface area contributed by atoms with Crippen LogP contribution in [0.25, 0.3) is 0 Å². The number of carbonyl (C=O) groups excluding carboxylic acids is 1. The maximum atomic E-state index is 11.9. The number of hydrogen-bond acceptors (Lipinski definition) is 3. The zero-order valence-electron chi connectivity index (χ0n) is 12.8. The Morgan fingerprint density at radius 2 is 2.19 bits per heavy atom. The van der Waals surface area contributed by atoms with E-state index < -0.39 is 0 Å². The number of nitrogens with zero attached hydrogens (tertiary/aromatic N) is 2. The largest absolute Gasteiger partial charge is 0.325 e. The minimum Gasteiger partial charge on any atom is -0.325 e. The Bertz CT molecular complexity index is 535. The van der Waals surface area contributed by atoms with Crippen LogP contribution in [-0.4, -0.2) is 30.9 Å². The third-order valence-electron chi connectivity index (χ3n) is 4.09. The average molecular weight is 285 g/mol. The van der Waals surface area contributed by atoms with E-state index in [1.165, 1.54) is 6.42 Å². The number of para-hydroxylation sites is 1. The highest BCUT2D eigenvalue weighted by Gasteiger charge is 2.32. The van der Waals surface area contributed by atoms with Crippen molar-refractivity contribution in [3.05, 3.63) is 29.8 Å². The van der Waals surface area contributed by atoms with E-state index in [0.717, 1.165) is 31.3 Å². The highest BCUT2D eigenvalue weighted by molar-refractivity contribution is 5.92. The molecular weight excluding hydrogens is 262 g/mol. The molecule has 1 aliphatic carbocycles. The number of nitriles is 1. The van der Waals surface area contributed by atoms with Crippen molar-refractivity contribution < 1.29 is 4.79 Å². The molecule has 0 aromatic heterocycles. The van der Waals surface area contributed by atoms with E-state index in [1.807, 2.05) is 6.07 Å². The molecule has 0 saturated heterocycles. The summed E-state index contributed by atoms with van der Waals surface area (Å²) >= 11 is 0. The number of anilines is 1. The SMILES string of the molecule is CC1CC1CN(C)CCCC(=O)Nc1ccccc1C#N. The number of hydrogen-bond donors (Lipinski definition) is 1. The second-order valence-electron chi connectivity index (χ2n) is 6.04. The van der Waals surface area contributed by atoms with Gasteiger partial charge in [-0.25, -0.2) is 0 Å². The lowest BCUT2D eigenvalue weighted by atomic mass is 10.2. The monoisotopic (exact) mass is 285 g/mol. The van der Waals surface area contributed by atoms with E-state index in [1.54, 1.807) is 18.2 Å². The van der Waals surface area contributed by atoms with E-state index >= 15 is 0 Å². The first-order valence-corrected chi connectivity index (χ1v) is 7.57. The predicted octanol–water partition coefficient (Wildman–Crippen LogP) is 2.86. The Morgan fingerprint density at radius 1 is 1.48 bits per heavy atom. The van der Waals surface area contributed by atoms with Crippen molar-refractivity contribution in [2.75, 3.05) is 25.5 Å². The van der Waals surface area contributed by atoms with Crippen molar-refractivity contribution in [1.82, 2.24) is 4.90 Å². The summed E-state index contributed by atoms with van der Waals surface area (Å²) in [5, 5.41) is 11.8. The van der Waals surface area contributed by atoms with Crippen molar-refractivity contribution in [3.63, 3.8) is 0 Å². The summed E-state index contributed by atoms with van der Waals surface area (Å²) in [6.07, 6.45) is 2.68. The van der Waals surface area contributed by atoms with Gasteiger partial charge in [-0.2, -0.15) is 5.26 Å². The molecule has 0 heterocycles. The Hall–Kier alpha value is -1.86. The number of rotatable bonds is 7. The fraction of sp³-hybridized carbons (Fsp3) is 0.529. The minimum absolute atomic E-state index is 0.0223. The molecule has 1 aromatic carbocycles. The molecule has 1 fully saturated rings. The molecule has 0 aliphatic heterocycles. The second kappa shape index (κ2) is 7.24. The summed E-state index contributed by atoms with van der Waals surface area (Å²) in [6.45, 7) is 4.37. The van der Waals surface area contributed by atoms with Gasteiger partial charge in [-0.3, -0.25) is 4.79 Å². The standard InChI is InChI=1S/C17H23N3O/c1-13-10-15(13)12-20(2)9-5-8-17(21)19-16-7-4-3-6-14(16)11-18/h3-4,6-7,13,15H,5,8-10,12H2,1-2H3,(H,19,21). The van der Waals surface area contributed by atoms with Crippen LogP contribution in [0.3, 0.4) is 0 Å². The minimum atomic E-state index is -0.0223. The van der Waals surface area contributed by atoms with Gasteiger partial charge in [0.15, 0.2) is 0 Å². The lowest BCUT2D eigenvalue weighted by Gasteiger charge is -2.16. The van der Waals surface area contributed by atoms with E-state index in [2.05, 4.69) is 30.3 Å². The lowest BCUT2D eigenvalue weighted by Crippen LogP contribution is -2.24. The van der Waals surface area contributed by atoms with Gasteiger partial charge in [-0.1, -0.05) is 19.1 Å². The van der Waals surface area contributed by atoms with Gasteiger partial charge in [0, 0.05) is 13.0 Å². The number of benzene rings is 1. The van der Waals surface area contributed by atoms with Crippen molar-refractivity contribution in [2.24, 2.45) is 11.8 Å². The highest BCUT2D eigenvalue weighted by Crippen LogP contribution is 2.37. The Labute approximate surface area is 126 Å². The van der Waals surface area contributed by atoms with E-state index in [-0.39, 0.29) is 5.91 Å². The molecule has 1 aliphatic rings. The summed E-state index contributed by atoms with van der Waals surface area (Å²) in [5.74, 6) is 1.70. The number of nitrogens with one attached hydrogen (secondary N) is 1. The van der Waals surface area contributed by atoms with Gasteiger partial charge >= 0.3 is 0 Å². The van der Waals surface area contributed by atoms with Gasteiger partial charge in [0.25, 0.3) is 0 Å². The van der Waals surface area contributed by atoms with Crippen molar-refractivity contribution in [1.29, 1.82) is 5.26 Å². The van der Waals surface area contributed by atoms with Crippen LogP contribution in [0.5, 0.6) is 0 Å². The molecule has 1 amide bonds. The Kier molecular flexibility index (Phi) is 5.35.